The van der Waals surface area contributed by atoms with Crippen LogP contribution in [0.4, 0.5) is 0 Å². The minimum absolute atomic E-state index is 0.0844. The lowest BCUT2D eigenvalue weighted by atomic mass is 10.0. The molecule has 1 unspecified atom stereocenters. The molecule has 0 aromatic heterocycles. The monoisotopic (exact) mass is 371 g/mol. The molecule has 0 bridgehead atoms. The largest absolute Gasteiger partial charge is 0.464 e. The van der Waals surface area contributed by atoms with Gasteiger partial charge in [-0.1, -0.05) is 96.8 Å². The number of hydrogen-bond acceptors (Lipinski definition) is 4. The van der Waals surface area contributed by atoms with E-state index in [1.807, 2.05) is 0 Å². The lowest BCUT2D eigenvalue weighted by Crippen LogP contribution is -2.45. The Morgan fingerprint density at radius 3 is 1.58 bits per heavy atom. The maximum Gasteiger partial charge on any atom is 0.305 e. The zero-order chi connectivity index (χ0) is 19.5. The molecule has 0 aromatic carbocycles. The Hall–Kier alpha value is -0.610. The van der Waals surface area contributed by atoms with E-state index in [1.54, 1.807) is 6.92 Å². The van der Waals surface area contributed by atoms with E-state index in [2.05, 4.69) is 6.92 Å². The lowest BCUT2D eigenvalue weighted by molar-refractivity contribution is -0.145. The van der Waals surface area contributed by atoms with Crippen molar-refractivity contribution >= 4 is 5.97 Å². The molecule has 0 saturated carbocycles. The van der Waals surface area contributed by atoms with Crippen molar-refractivity contribution < 1.29 is 14.6 Å². The first-order valence-electron chi connectivity index (χ1n) is 11.1. The third-order valence-electron chi connectivity index (χ3n) is 4.91. The minimum atomic E-state index is -0.829. The third kappa shape index (κ3) is 18.2. The van der Waals surface area contributed by atoms with E-state index in [-0.39, 0.29) is 19.2 Å². The first-order valence-corrected chi connectivity index (χ1v) is 11.1. The van der Waals surface area contributed by atoms with Gasteiger partial charge >= 0.3 is 5.97 Å². The van der Waals surface area contributed by atoms with Gasteiger partial charge in [0.05, 0.1) is 12.1 Å². The van der Waals surface area contributed by atoms with Crippen LogP contribution in [0.1, 0.15) is 117 Å². The van der Waals surface area contributed by atoms with Gasteiger partial charge in [-0.2, -0.15) is 0 Å². The van der Waals surface area contributed by atoms with Crippen molar-refractivity contribution in [1.82, 2.24) is 0 Å². The second kappa shape index (κ2) is 17.8. The Labute approximate surface area is 162 Å². The van der Waals surface area contributed by atoms with Gasteiger partial charge in [-0.3, -0.25) is 4.79 Å². The van der Waals surface area contributed by atoms with Crippen LogP contribution in [0.2, 0.25) is 0 Å². The lowest BCUT2D eigenvalue weighted by Gasteiger charge is -2.20. The summed E-state index contributed by atoms with van der Waals surface area (Å²) in [6.07, 6.45) is 20.2. The Bertz CT molecular complexity index is 319. The highest BCUT2D eigenvalue weighted by Crippen LogP contribution is 2.14. The predicted molar refractivity (Wildman–Crippen MR) is 110 cm³/mol. The van der Waals surface area contributed by atoms with Gasteiger partial charge in [0.25, 0.3) is 0 Å². The number of aliphatic hydroxyl groups excluding tert-OH is 1. The van der Waals surface area contributed by atoms with E-state index >= 15 is 0 Å². The number of carbonyl (C=O) groups excluding carboxylic acids is 1. The number of carbonyl (C=O) groups is 1. The smallest absolute Gasteiger partial charge is 0.305 e. The highest BCUT2D eigenvalue weighted by atomic mass is 16.5. The molecule has 0 aliphatic carbocycles. The first kappa shape index (κ1) is 25.4. The highest BCUT2D eigenvalue weighted by molar-refractivity contribution is 5.69. The van der Waals surface area contributed by atoms with Crippen molar-refractivity contribution in [3.05, 3.63) is 0 Å². The average molecular weight is 372 g/mol. The molecule has 3 N–H and O–H groups in total. The van der Waals surface area contributed by atoms with Gasteiger partial charge in [-0.15, -0.1) is 0 Å². The van der Waals surface area contributed by atoms with Crippen molar-refractivity contribution in [3.8, 4) is 0 Å². The summed E-state index contributed by atoms with van der Waals surface area (Å²) in [7, 11) is 0. The van der Waals surface area contributed by atoms with Crippen LogP contribution in [0.15, 0.2) is 0 Å². The van der Waals surface area contributed by atoms with Gasteiger partial charge in [-0.25, -0.2) is 0 Å². The third-order valence-corrected chi connectivity index (χ3v) is 4.91. The van der Waals surface area contributed by atoms with Crippen molar-refractivity contribution in [1.29, 1.82) is 0 Å². The molecule has 0 spiro atoms. The first-order chi connectivity index (χ1) is 12.5. The number of nitrogens with two attached hydrogens (primary N) is 1. The highest BCUT2D eigenvalue weighted by Gasteiger charge is 2.19. The van der Waals surface area contributed by atoms with Gasteiger partial charge in [0, 0.05) is 6.42 Å². The Morgan fingerprint density at radius 2 is 1.19 bits per heavy atom. The molecule has 0 amide bonds. The van der Waals surface area contributed by atoms with Gasteiger partial charge < -0.3 is 15.6 Å². The van der Waals surface area contributed by atoms with Crippen LogP contribution in [-0.2, 0) is 9.53 Å². The SMILES string of the molecule is CCCCCCCCCCCCCCCCCC(=O)OCC(C)(N)CO. The second-order valence-corrected chi connectivity index (χ2v) is 8.17. The summed E-state index contributed by atoms with van der Waals surface area (Å²) in [4.78, 5) is 11.6. The normalized spacial score (nSPS) is 13.5. The molecule has 0 radical (unpaired) electrons. The summed E-state index contributed by atoms with van der Waals surface area (Å²) in [5, 5.41) is 9.01. The van der Waals surface area contributed by atoms with Crippen molar-refractivity contribution in [3.63, 3.8) is 0 Å². The molecule has 4 heteroatoms. The molecule has 0 saturated heterocycles. The molecule has 0 aliphatic heterocycles. The van der Waals surface area contributed by atoms with Crippen LogP contribution in [0, 0.1) is 0 Å². The molecule has 0 rings (SSSR count). The Morgan fingerprint density at radius 1 is 0.808 bits per heavy atom. The maximum atomic E-state index is 11.6. The van der Waals surface area contributed by atoms with Crippen LogP contribution in [0.5, 0.6) is 0 Å². The summed E-state index contributed by atoms with van der Waals surface area (Å²) >= 11 is 0. The average Bonchev–Trinajstić information content (AvgIpc) is 2.63. The molecule has 156 valence electrons. The molecule has 0 fully saturated rings. The van der Waals surface area contributed by atoms with Gasteiger partial charge in [0.1, 0.15) is 6.61 Å². The van der Waals surface area contributed by atoms with E-state index in [0.717, 1.165) is 12.8 Å². The Balaban J connectivity index is 3.21. The zero-order valence-corrected chi connectivity index (χ0v) is 17.6. The number of unbranched alkanes of at least 4 members (excludes halogenated alkanes) is 14. The number of rotatable bonds is 19. The van der Waals surface area contributed by atoms with Gasteiger partial charge in [0.2, 0.25) is 0 Å². The van der Waals surface area contributed by atoms with Crippen molar-refractivity contribution in [2.24, 2.45) is 5.73 Å². The second-order valence-electron chi connectivity index (χ2n) is 8.17. The fourth-order valence-corrected chi connectivity index (χ4v) is 3.00. The zero-order valence-electron chi connectivity index (χ0n) is 17.6. The molecule has 1 atom stereocenters. The number of esters is 1. The molecule has 0 aliphatic rings. The van der Waals surface area contributed by atoms with Crippen LogP contribution in [-0.4, -0.2) is 29.8 Å². The Kier molecular flexibility index (Phi) is 17.4. The molecule has 0 aromatic rings. The number of aliphatic hydroxyl groups is 1. The molecule has 4 nitrogen and oxygen atoms in total. The molecular weight excluding hydrogens is 326 g/mol. The summed E-state index contributed by atoms with van der Waals surface area (Å²) in [6, 6.07) is 0. The fourth-order valence-electron chi connectivity index (χ4n) is 3.00. The minimum Gasteiger partial charge on any atom is -0.464 e. The number of ether oxygens (including phenoxy) is 1. The molecular formula is C22H45NO3. The summed E-state index contributed by atoms with van der Waals surface area (Å²) < 4.78 is 5.09. The van der Waals surface area contributed by atoms with Gasteiger partial charge in [0.15, 0.2) is 0 Å². The molecule has 26 heavy (non-hydrogen) atoms. The topological polar surface area (TPSA) is 72.5 Å². The van der Waals surface area contributed by atoms with Gasteiger partial charge in [-0.05, 0) is 13.3 Å². The van der Waals surface area contributed by atoms with Crippen LogP contribution >= 0.6 is 0 Å². The van der Waals surface area contributed by atoms with E-state index in [4.69, 9.17) is 15.6 Å². The van der Waals surface area contributed by atoms with Crippen LogP contribution < -0.4 is 5.73 Å². The summed E-state index contributed by atoms with van der Waals surface area (Å²) in [5.74, 6) is -0.204. The van der Waals surface area contributed by atoms with E-state index < -0.39 is 5.54 Å². The van der Waals surface area contributed by atoms with E-state index in [9.17, 15) is 4.79 Å². The summed E-state index contributed by atoms with van der Waals surface area (Å²) in [5.41, 5.74) is 4.89. The standard InChI is InChI=1S/C22H45NO3/c1-3-4-5-6-7-8-9-10-11-12-13-14-15-16-17-18-21(25)26-20-22(2,23)19-24/h24H,3-20,23H2,1-2H3. The van der Waals surface area contributed by atoms with E-state index in [1.165, 1.54) is 83.5 Å². The quantitative estimate of drug-likeness (QED) is 0.232. The van der Waals surface area contributed by atoms with E-state index in [0.29, 0.717) is 6.42 Å². The van der Waals surface area contributed by atoms with Crippen LogP contribution in [0.25, 0.3) is 0 Å². The predicted octanol–water partition coefficient (Wildman–Crippen LogP) is 5.50. The van der Waals surface area contributed by atoms with Crippen molar-refractivity contribution in [2.45, 2.75) is 122 Å². The fraction of sp³-hybridized carbons (Fsp3) is 0.955. The number of hydrogen-bond donors (Lipinski definition) is 2. The van der Waals surface area contributed by atoms with Crippen LogP contribution in [0.3, 0.4) is 0 Å². The maximum absolute atomic E-state index is 11.6. The molecule has 0 heterocycles. The summed E-state index contributed by atoms with van der Waals surface area (Å²) in [6.45, 7) is 3.85. The van der Waals surface area contributed by atoms with Crippen molar-refractivity contribution in [2.75, 3.05) is 13.2 Å².